The molecule has 0 saturated carbocycles. The van der Waals surface area contributed by atoms with Crippen LogP contribution in [0.3, 0.4) is 0 Å². The van der Waals surface area contributed by atoms with Crippen LogP contribution in [0, 0.1) is 6.92 Å². The minimum Gasteiger partial charge on any atom is -0.473 e. The van der Waals surface area contributed by atoms with Crippen LogP contribution >= 0.6 is 0 Å². The molecule has 4 heterocycles. The molecule has 23 heavy (non-hydrogen) atoms. The van der Waals surface area contributed by atoms with Gasteiger partial charge in [0.1, 0.15) is 23.6 Å². The quantitative estimate of drug-likeness (QED) is 0.799. The molecule has 3 aromatic rings. The fourth-order valence-corrected chi connectivity index (χ4v) is 2.82. The standard InChI is InChI=1S/C16H19N5O2/c1-11-10-22-15(19-11)13-9-21-14(5-8-18-21)16(20-13)23-12-3-2-6-17-7-4-12/h5,8-10,12,17H,2-4,6-7H2,1H3/t12-/m1/s1. The zero-order chi connectivity index (χ0) is 15.6. The van der Waals surface area contributed by atoms with E-state index in [1.165, 1.54) is 0 Å². The number of hydrogen-bond acceptors (Lipinski definition) is 6. The Kier molecular flexibility index (Phi) is 3.70. The maximum Gasteiger partial charge on any atom is 0.247 e. The van der Waals surface area contributed by atoms with Crippen molar-refractivity contribution in [2.24, 2.45) is 0 Å². The highest BCUT2D eigenvalue weighted by molar-refractivity contribution is 5.60. The Morgan fingerprint density at radius 1 is 1.30 bits per heavy atom. The normalized spacial score (nSPS) is 18.9. The highest BCUT2D eigenvalue weighted by Gasteiger charge is 2.18. The second-order valence-electron chi connectivity index (χ2n) is 5.81. The number of ether oxygens (including phenoxy) is 1. The Morgan fingerprint density at radius 2 is 2.26 bits per heavy atom. The van der Waals surface area contributed by atoms with Gasteiger partial charge in [-0.25, -0.2) is 14.5 Å². The van der Waals surface area contributed by atoms with E-state index < -0.39 is 0 Å². The number of nitrogens with one attached hydrogen (secondary N) is 1. The van der Waals surface area contributed by atoms with Crippen molar-refractivity contribution in [3.05, 3.63) is 30.4 Å². The fraction of sp³-hybridized carbons (Fsp3) is 0.438. The van der Waals surface area contributed by atoms with Gasteiger partial charge >= 0.3 is 0 Å². The summed E-state index contributed by atoms with van der Waals surface area (Å²) in [6, 6.07) is 1.90. The lowest BCUT2D eigenvalue weighted by Gasteiger charge is -2.16. The van der Waals surface area contributed by atoms with Crippen molar-refractivity contribution in [3.8, 4) is 17.5 Å². The monoisotopic (exact) mass is 313 g/mol. The van der Waals surface area contributed by atoms with Crippen molar-refractivity contribution in [1.29, 1.82) is 0 Å². The van der Waals surface area contributed by atoms with Crippen molar-refractivity contribution >= 4 is 5.52 Å². The third-order valence-electron chi connectivity index (χ3n) is 4.00. The third kappa shape index (κ3) is 2.92. The molecule has 1 atom stereocenters. The van der Waals surface area contributed by atoms with E-state index in [4.69, 9.17) is 9.15 Å². The van der Waals surface area contributed by atoms with Gasteiger partial charge in [0.05, 0.1) is 18.1 Å². The summed E-state index contributed by atoms with van der Waals surface area (Å²) < 4.78 is 13.4. The first-order chi connectivity index (χ1) is 11.3. The van der Waals surface area contributed by atoms with E-state index >= 15 is 0 Å². The lowest BCUT2D eigenvalue weighted by molar-refractivity contribution is 0.182. The molecule has 0 spiro atoms. The van der Waals surface area contributed by atoms with Crippen molar-refractivity contribution in [3.63, 3.8) is 0 Å². The number of rotatable bonds is 3. The third-order valence-corrected chi connectivity index (χ3v) is 4.00. The lowest BCUT2D eigenvalue weighted by atomic mass is 10.1. The Balaban J connectivity index is 1.70. The van der Waals surface area contributed by atoms with Crippen LogP contribution in [-0.2, 0) is 0 Å². The lowest BCUT2D eigenvalue weighted by Crippen LogP contribution is -2.20. The summed E-state index contributed by atoms with van der Waals surface area (Å²) in [6.07, 6.45) is 8.44. The molecule has 4 rings (SSSR count). The van der Waals surface area contributed by atoms with Crippen LogP contribution in [0.25, 0.3) is 17.1 Å². The fourth-order valence-electron chi connectivity index (χ4n) is 2.82. The van der Waals surface area contributed by atoms with Crippen molar-refractivity contribution in [2.75, 3.05) is 13.1 Å². The van der Waals surface area contributed by atoms with Gasteiger partial charge < -0.3 is 14.5 Å². The maximum absolute atomic E-state index is 6.19. The number of aromatic nitrogens is 4. The highest BCUT2D eigenvalue weighted by atomic mass is 16.5. The molecule has 1 aliphatic rings. The van der Waals surface area contributed by atoms with Crippen molar-refractivity contribution in [1.82, 2.24) is 24.9 Å². The summed E-state index contributed by atoms with van der Waals surface area (Å²) in [4.78, 5) is 8.96. The van der Waals surface area contributed by atoms with Gasteiger partial charge in [0.15, 0.2) is 0 Å². The Hall–Kier alpha value is -2.41. The van der Waals surface area contributed by atoms with E-state index in [9.17, 15) is 0 Å². The summed E-state index contributed by atoms with van der Waals surface area (Å²) in [5, 5.41) is 7.69. The van der Waals surface area contributed by atoms with Crippen LogP contribution in [-0.4, -0.2) is 38.8 Å². The van der Waals surface area contributed by atoms with E-state index in [0.29, 0.717) is 17.5 Å². The molecule has 0 radical (unpaired) electrons. The smallest absolute Gasteiger partial charge is 0.247 e. The summed E-state index contributed by atoms with van der Waals surface area (Å²) in [5.74, 6) is 1.06. The van der Waals surface area contributed by atoms with Gasteiger partial charge in [-0.3, -0.25) is 0 Å². The molecule has 120 valence electrons. The number of fused-ring (bicyclic) bond motifs is 1. The molecule has 0 aromatic carbocycles. The molecule has 3 aromatic heterocycles. The molecule has 1 aliphatic heterocycles. The number of aryl methyl sites for hydroxylation is 1. The molecule has 0 amide bonds. The molecule has 1 saturated heterocycles. The SMILES string of the molecule is Cc1coc(-c2cn3nccc3c(O[C@@H]3CCCNCC3)n2)n1. The van der Waals surface area contributed by atoms with Gasteiger partial charge in [-0.15, -0.1) is 0 Å². The molecule has 1 N–H and O–H groups in total. The van der Waals surface area contributed by atoms with E-state index in [1.807, 2.05) is 19.2 Å². The van der Waals surface area contributed by atoms with Crippen LogP contribution in [0.15, 0.2) is 29.1 Å². The average Bonchev–Trinajstić information content (AvgIpc) is 3.11. The van der Waals surface area contributed by atoms with Crippen LogP contribution in [0.1, 0.15) is 25.0 Å². The Labute approximate surface area is 133 Å². The number of nitrogens with zero attached hydrogens (tertiary/aromatic N) is 4. The first-order valence-corrected chi connectivity index (χ1v) is 7.94. The first kappa shape index (κ1) is 14.2. The molecule has 1 fully saturated rings. The van der Waals surface area contributed by atoms with Gasteiger partial charge in [0, 0.05) is 0 Å². The van der Waals surface area contributed by atoms with Gasteiger partial charge in [-0.1, -0.05) is 0 Å². The molecule has 0 aliphatic carbocycles. The van der Waals surface area contributed by atoms with Crippen LogP contribution in [0.2, 0.25) is 0 Å². The van der Waals surface area contributed by atoms with E-state index in [0.717, 1.165) is 43.6 Å². The molecule has 0 bridgehead atoms. The van der Waals surface area contributed by atoms with E-state index in [2.05, 4.69) is 20.4 Å². The summed E-state index contributed by atoms with van der Waals surface area (Å²) >= 11 is 0. The average molecular weight is 313 g/mol. The largest absolute Gasteiger partial charge is 0.473 e. The Bertz CT molecular complexity index is 802. The second-order valence-corrected chi connectivity index (χ2v) is 5.81. The minimum atomic E-state index is 0.165. The van der Waals surface area contributed by atoms with Crippen molar-refractivity contribution in [2.45, 2.75) is 32.3 Å². The molecule has 7 nitrogen and oxygen atoms in total. The minimum absolute atomic E-state index is 0.165. The van der Waals surface area contributed by atoms with Gasteiger partial charge in [0.25, 0.3) is 0 Å². The highest BCUT2D eigenvalue weighted by Crippen LogP contribution is 2.25. The first-order valence-electron chi connectivity index (χ1n) is 7.94. The molecular formula is C16H19N5O2. The maximum atomic E-state index is 6.19. The number of hydrogen-bond donors (Lipinski definition) is 1. The predicted molar refractivity (Wildman–Crippen MR) is 84.4 cm³/mol. The summed E-state index contributed by atoms with van der Waals surface area (Å²) in [7, 11) is 0. The van der Waals surface area contributed by atoms with Crippen LogP contribution in [0.4, 0.5) is 0 Å². The summed E-state index contributed by atoms with van der Waals surface area (Å²) in [6.45, 7) is 3.90. The van der Waals surface area contributed by atoms with Crippen molar-refractivity contribution < 1.29 is 9.15 Å². The van der Waals surface area contributed by atoms with Crippen LogP contribution < -0.4 is 10.1 Å². The second kappa shape index (κ2) is 6.00. The van der Waals surface area contributed by atoms with E-state index in [1.54, 1.807) is 17.0 Å². The zero-order valence-corrected chi connectivity index (χ0v) is 13.0. The van der Waals surface area contributed by atoms with Crippen LogP contribution in [0.5, 0.6) is 5.88 Å². The summed E-state index contributed by atoms with van der Waals surface area (Å²) in [5.41, 5.74) is 2.30. The van der Waals surface area contributed by atoms with Gasteiger partial charge in [-0.05, 0) is 45.3 Å². The number of oxazole rings is 1. The molecule has 0 unspecified atom stereocenters. The predicted octanol–water partition coefficient (Wildman–Crippen LogP) is 2.21. The van der Waals surface area contributed by atoms with Gasteiger partial charge in [0.2, 0.25) is 11.8 Å². The topological polar surface area (TPSA) is 77.5 Å². The van der Waals surface area contributed by atoms with E-state index in [-0.39, 0.29) is 6.10 Å². The molecule has 7 heteroatoms. The Morgan fingerprint density at radius 3 is 3.13 bits per heavy atom. The zero-order valence-electron chi connectivity index (χ0n) is 13.0. The molecular weight excluding hydrogens is 294 g/mol. The van der Waals surface area contributed by atoms with Gasteiger partial charge in [-0.2, -0.15) is 5.10 Å².